The summed E-state index contributed by atoms with van der Waals surface area (Å²) in [5, 5.41) is 0.493. The van der Waals surface area contributed by atoms with Crippen molar-refractivity contribution in [2.75, 3.05) is 0 Å². The molecule has 2 atom stereocenters. The van der Waals surface area contributed by atoms with Crippen molar-refractivity contribution in [2.45, 2.75) is 51.3 Å². The molecule has 1 fully saturated rings. The van der Waals surface area contributed by atoms with Gasteiger partial charge in [0.05, 0.1) is 21.8 Å². The molecule has 20 heavy (non-hydrogen) atoms. The summed E-state index contributed by atoms with van der Waals surface area (Å²) < 4.78 is 16.3. The SMILES string of the molecule is Cc1cc(Br)c(C(NS(=O)C(C)(C)C)C2CC2)c(Cl)n1. The van der Waals surface area contributed by atoms with E-state index in [2.05, 4.69) is 25.6 Å². The first-order valence-electron chi connectivity index (χ1n) is 6.70. The van der Waals surface area contributed by atoms with Crippen LogP contribution in [0, 0.1) is 12.8 Å². The zero-order chi connectivity index (χ0) is 15.1. The van der Waals surface area contributed by atoms with Crippen LogP contribution in [0.3, 0.4) is 0 Å². The van der Waals surface area contributed by atoms with E-state index in [0.29, 0.717) is 11.1 Å². The van der Waals surface area contributed by atoms with Gasteiger partial charge in [0.1, 0.15) is 5.15 Å². The van der Waals surface area contributed by atoms with E-state index in [1.165, 1.54) is 0 Å². The molecule has 2 rings (SSSR count). The molecule has 1 saturated carbocycles. The first-order valence-corrected chi connectivity index (χ1v) is 9.03. The van der Waals surface area contributed by atoms with Crippen LogP contribution in [0.2, 0.25) is 5.15 Å². The fourth-order valence-electron chi connectivity index (χ4n) is 2.00. The number of hydrogen-bond donors (Lipinski definition) is 1. The monoisotopic (exact) mass is 378 g/mol. The Morgan fingerprint density at radius 2 is 2.10 bits per heavy atom. The third-order valence-electron chi connectivity index (χ3n) is 3.28. The summed E-state index contributed by atoms with van der Waals surface area (Å²) in [6.45, 7) is 7.80. The van der Waals surface area contributed by atoms with Gasteiger partial charge in [-0.15, -0.1) is 0 Å². The van der Waals surface area contributed by atoms with E-state index in [1.54, 1.807) is 0 Å². The molecule has 1 aromatic heterocycles. The van der Waals surface area contributed by atoms with E-state index in [-0.39, 0.29) is 10.8 Å². The molecule has 1 N–H and O–H groups in total. The average Bonchev–Trinajstić information content (AvgIpc) is 3.08. The van der Waals surface area contributed by atoms with Gasteiger partial charge in [-0.05, 0) is 52.5 Å². The van der Waals surface area contributed by atoms with Crippen LogP contribution in [0.15, 0.2) is 10.5 Å². The molecule has 0 spiro atoms. The molecule has 0 radical (unpaired) electrons. The van der Waals surface area contributed by atoms with Gasteiger partial charge in [-0.1, -0.05) is 27.5 Å². The summed E-state index contributed by atoms with van der Waals surface area (Å²) in [6, 6.07) is 1.95. The standard InChI is InChI=1S/C14H20BrClN2OS/c1-8-7-10(15)11(13(16)17-8)12(9-5-6-9)18-20(19)14(2,3)4/h7,9,12,18H,5-6H2,1-4H3. The van der Waals surface area contributed by atoms with Gasteiger partial charge in [0.25, 0.3) is 0 Å². The summed E-state index contributed by atoms with van der Waals surface area (Å²) in [4.78, 5) is 4.33. The van der Waals surface area contributed by atoms with Gasteiger partial charge >= 0.3 is 0 Å². The van der Waals surface area contributed by atoms with Crippen LogP contribution in [0.5, 0.6) is 0 Å². The number of rotatable bonds is 4. The fraction of sp³-hybridized carbons (Fsp3) is 0.643. The predicted molar refractivity (Wildman–Crippen MR) is 88.2 cm³/mol. The highest BCUT2D eigenvalue weighted by molar-refractivity contribution is 9.10. The van der Waals surface area contributed by atoms with Crippen LogP contribution in [0.4, 0.5) is 0 Å². The third kappa shape index (κ3) is 3.81. The summed E-state index contributed by atoms with van der Waals surface area (Å²) in [6.07, 6.45) is 2.27. The summed E-state index contributed by atoms with van der Waals surface area (Å²) in [5.74, 6) is 0.486. The van der Waals surface area contributed by atoms with E-state index in [1.807, 2.05) is 33.8 Å². The summed E-state index contributed by atoms with van der Waals surface area (Å²) >= 11 is 9.89. The lowest BCUT2D eigenvalue weighted by atomic mass is 10.1. The minimum absolute atomic E-state index is 0.00923. The molecule has 0 aliphatic heterocycles. The maximum Gasteiger partial charge on any atom is 0.135 e. The Kier molecular flexibility index (Phi) is 4.95. The molecule has 3 nitrogen and oxygen atoms in total. The van der Waals surface area contributed by atoms with Crippen molar-refractivity contribution >= 4 is 38.5 Å². The Morgan fingerprint density at radius 1 is 1.50 bits per heavy atom. The number of pyridine rings is 1. The van der Waals surface area contributed by atoms with E-state index in [0.717, 1.165) is 28.6 Å². The van der Waals surface area contributed by atoms with E-state index in [9.17, 15) is 4.21 Å². The largest absolute Gasteiger partial charge is 0.242 e. The van der Waals surface area contributed by atoms with Gasteiger partial charge in [-0.25, -0.2) is 13.9 Å². The molecular weight excluding hydrogens is 360 g/mol. The quantitative estimate of drug-likeness (QED) is 0.792. The second-order valence-electron chi connectivity index (χ2n) is 6.26. The molecular formula is C14H20BrClN2OS. The van der Waals surface area contributed by atoms with E-state index in [4.69, 9.17) is 11.6 Å². The number of aryl methyl sites for hydroxylation is 1. The minimum Gasteiger partial charge on any atom is -0.242 e. The molecule has 1 heterocycles. The van der Waals surface area contributed by atoms with Crippen LogP contribution in [-0.2, 0) is 11.0 Å². The lowest BCUT2D eigenvalue weighted by Gasteiger charge is -2.25. The maximum atomic E-state index is 12.4. The van der Waals surface area contributed by atoms with Crippen LogP contribution in [0.1, 0.15) is 50.9 Å². The molecule has 112 valence electrons. The van der Waals surface area contributed by atoms with Crippen molar-refractivity contribution < 1.29 is 4.21 Å². The van der Waals surface area contributed by atoms with Crippen LogP contribution >= 0.6 is 27.5 Å². The van der Waals surface area contributed by atoms with E-state index >= 15 is 0 Å². The van der Waals surface area contributed by atoms with Crippen molar-refractivity contribution in [3.05, 3.63) is 26.9 Å². The highest BCUT2D eigenvalue weighted by Crippen LogP contribution is 2.45. The van der Waals surface area contributed by atoms with E-state index < -0.39 is 11.0 Å². The van der Waals surface area contributed by atoms with Crippen molar-refractivity contribution in [1.82, 2.24) is 9.71 Å². The second kappa shape index (κ2) is 6.03. The van der Waals surface area contributed by atoms with Gasteiger partial charge in [0.2, 0.25) is 0 Å². The molecule has 1 aliphatic carbocycles. The molecule has 1 aliphatic rings. The molecule has 2 unspecified atom stereocenters. The first kappa shape index (κ1) is 16.4. The minimum atomic E-state index is -1.13. The lowest BCUT2D eigenvalue weighted by Crippen LogP contribution is -2.36. The van der Waals surface area contributed by atoms with Crippen molar-refractivity contribution in [1.29, 1.82) is 0 Å². The highest BCUT2D eigenvalue weighted by Gasteiger charge is 2.37. The normalized spacial score (nSPS) is 18.9. The fourth-order valence-corrected chi connectivity index (χ4v) is 4.12. The average molecular weight is 380 g/mol. The Bertz CT molecular complexity index is 517. The van der Waals surface area contributed by atoms with Crippen LogP contribution < -0.4 is 4.72 Å². The predicted octanol–water partition coefficient (Wildman–Crippen LogP) is 4.31. The number of nitrogens with zero attached hydrogens (tertiary/aromatic N) is 1. The van der Waals surface area contributed by atoms with Gasteiger partial charge in [-0.3, -0.25) is 0 Å². The molecule has 0 aromatic carbocycles. The zero-order valence-corrected chi connectivity index (χ0v) is 15.3. The van der Waals surface area contributed by atoms with Crippen LogP contribution in [-0.4, -0.2) is 13.9 Å². The molecule has 0 saturated heterocycles. The van der Waals surface area contributed by atoms with Gasteiger partial charge in [0, 0.05) is 15.7 Å². The summed E-state index contributed by atoms with van der Waals surface area (Å²) in [7, 11) is -1.13. The number of halogens is 2. The number of nitrogens with one attached hydrogen (secondary N) is 1. The second-order valence-corrected chi connectivity index (χ2v) is 9.47. The number of aromatic nitrogens is 1. The lowest BCUT2D eigenvalue weighted by molar-refractivity contribution is 0.553. The van der Waals surface area contributed by atoms with Gasteiger partial charge in [-0.2, -0.15) is 0 Å². The van der Waals surface area contributed by atoms with Crippen molar-refractivity contribution in [3.8, 4) is 0 Å². The zero-order valence-electron chi connectivity index (χ0n) is 12.2. The Labute approximate surface area is 136 Å². The third-order valence-corrected chi connectivity index (χ3v) is 5.81. The number of hydrogen-bond acceptors (Lipinski definition) is 2. The van der Waals surface area contributed by atoms with Crippen molar-refractivity contribution in [2.24, 2.45) is 5.92 Å². The smallest absolute Gasteiger partial charge is 0.135 e. The Morgan fingerprint density at radius 3 is 2.55 bits per heavy atom. The van der Waals surface area contributed by atoms with Gasteiger partial charge in [0.15, 0.2) is 0 Å². The molecule has 6 heteroatoms. The topological polar surface area (TPSA) is 42.0 Å². The molecule has 0 amide bonds. The Balaban J connectivity index is 2.33. The van der Waals surface area contributed by atoms with Crippen molar-refractivity contribution in [3.63, 3.8) is 0 Å². The highest BCUT2D eigenvalue weighted by atomic mass is 79.9. The molecule has 0 bridgehead atoms. The molecule has 1 aromatic rings. The Hall–Kier alpha value is 0.0300. The summed E-state index contributed by atoms with van der Waals surface area (Å²) in [5.41, 5.74) is 1.80. The van der Waals surface area contributed by atoms with Gasteiger partial charge < -0.3 is 0 Å². The first-order chi connectivity index (χ1) is 9.20. The maximum absolute atomic E-state index is 12.4. The van der Waals surface area contributed by atoms with Crippen LogP contribution in [0.25, 0.3) is 0 Å².